The summed E-state index contributed by atoms with van der Waals surface area (Å²) in [6.45, 7) is 3.64. The van der Waals surface area contributed by atoms with Crippen LogP contribution in [0, 0.1) is 0 Å². The fourth-order valence-corrected chi connectivity index (χ4v) is 8.23. The zero-order valence-electron chi connectivity index (χ0n) is 43.8. The van der Waals surface area contributed by atoms with E-state index in [2.05, 4.69) is 104 Å². The molecule has 1 fully saturated rings. The molecule has 6 N–H and O–H groups in total. The Labute approximate surface area is 422 Å². The number of aliphatic hydroxyl groups excluding tert-OH is 5. The number of unbranched alkanes of at least 4 members (excludes halogenated alkanes) is 22. The Morgan fingerprint density at radius 2 is 0.913 bits per heavy atom. The van der Waals surface area contributed by atoms with E-state index in [1.165, 1.54) is 109 Å². The van der Waals surface area contributed by atoms with Gasteiger partial charge in [-0.3, -0.25) is 4.79 Å². The van der Waals surface area contributed by atoms with Gasteiger partial charge in [0, 0.05) is 6.42 Å². The third-order valence-electron chi connectivity index (χ3n) is 12.6. The van der Waals surface area contributed by atoms with Crippen LogP contribution in [0.2, 0.25) is 0 Å². The van der Waals surface area contributed by atoms with Gasteiger partial charge in [0.15, 0.2) is 6.29 Å². The van der Waals surface area contributed by atoms with Gasteiger partial charge in [0.05, 0.1) is 25.4 Å². The molecule has 0 saturated carbocycles. The molecule has 0 aromatic heterocycles. The molecule has 1 aliphatic heterocycles. The van der Waals surface area contributed by atoms with Crippen LogP contribution in [0.5, 0.6) is 0 Å². The maximum atomic E-state index is 13.0. The molecule has 0 aliphatic carbocycles. The molecule has 9 heteroatoms. The molecular weight excluding hydrogens is 863 g/mol. The highest BCUT2D eigenvalue weighted by molar-refractivity contribution is 5.76. The zero-order chi connectivity index (χ0) is 50.1. The second-order valence-corrected chi connectivity index (χ2v) is 19.0. The smallest absolute Gasteiger partial charge is 0.220 e. The van der Waals surface area contributed by atoms with Gasteiger partial charge in [-0.05, 0) is 83.5 Å². The molecule has 1 amide bonds. The summed E-state index contributed by atoms with van der Waals surface area (Å²) < 4.78 is 11.2. The van der Waals surface area contributed by atoms with Gasteiger partial charge in [-0.1, -0.05) is 227 Å². The van der Waals surface area contributed by atoms with Gasteiger partial charge < -0.3 is 40.3 Å². The molecule has 9 nitrogen and oxygen atoms in total. The van der Waals surface area contributed by atoms with Crippen molar-refractivity contribution in [3.63, 3.8) is 0 Å². The Kier molecular flexibility index (Phi) is 45.3. The Morgan fingerprint density at radius 1 is 0.507 bits per heavy atom. The first-order valence-corrected chi connectivity index (χ1v) is 28.0. The number of carbonyl (C=O) groups excluding carboxylic acids is 1. The number of ether oxygens (including phenoxy) is 2. The molecule has 0 aromatic carbocycles. The highest BCUT2D eigenvalue weighted by atomic mass is 16.7. The summed E-state index contributed by atoms with van der Waals surface area (Å²) in [6.07, 6.45) is 63.2. The zero-order valence-corrected chi connectivity index (χ0v) is 43.8. The van der Waals surface area contributed by atoms with Crippen LogP contribution in [0.15, 0.2) is 97.2 Å². The average molecular weight is 966 g/mol. The summed E-state index contributed by atoms with van der Waals surface area (Å²) in [4.78, 5) is 13.0. The minimum atomic E-state index is -1.58. The van der Waals surface area contributed by atoms with Crippen molar-refractivity contribution in [2.75, 3.05) is 13.2 Å². The standard InChI is InChI=1S/C60H103NO8/c1-3-5-7-9-11-13-15-17-19-21-22-23-24-25-26-27-28-29-30-31-32-34-36-38-40-42-44-46-48-50-56(64)61-53(52-68-60-59(67)58(66)57(65)55(51-62)69-60)54(63)49-47-45-43-41-39-37-35-33-20-18-16-14-12-10-8-6-4-2/h5,7,11,13,17,19,22-23,25-26,28-29,39,41,47,49,53-55,57-60,62-63,65-67H,3-4,6,8-10,12,14-16,18,20-21,24,27,30-38,40,42-46,48,50-52H2,1-2H3,(H,61,64)/b7-5-,13-11-,19-17-,23-22-,26-25-,29-28-,41-39+,49-47+. The highest BCUT2D eigenvalue weighted by Crippen LogP contribution is 2.23. The number of allylic oxidation sites excluding steroid dienone is 15. The summed E-state index contributed by atoms with van der Waals surface area (Å²) >= 11 is 0. The third-order valence-corrected chi connectivity index (χ3v) is 12.6. The molecular formula is C60H103NO8. The normalized spacial score (nSPS) is 20.2. The first-order chi connectivity index (χ1) is 33.8. The van der Waals surface area contributed by atoms with E-state index in [1.807, 2.05) is 6.08 Å². The second kappa shape index (κ2) is 48.7. The van der Waals surface area contributed by atoms with Crippen LogP contribution in [0.1, 0.15) is 219 Å². The number of rotatable bonds is 46. The molecule has 0 bridgehead atoms. The van der Waals surface area contributed by atoms with Gasteiger partial charge >= 0.3 is 0 Å². The molecule has 1 saturated heterocycles. The number of hydrogen-bond acceptors (Lipinski definition) is 8. The van der Waals surface area contributed by atoms with Gasteiger partial charge in [0.2, 0.25) is 5.91 Å². The number of aliphatic hydroxyl groups is 5. The number of hydrogen-bond donors (Lipinski definition) is 6. The fraction of sp³-hybridized carbons (Fsp3) is 0.717. The Bertz CT molecular complexity index is 1400. The quantitative estimate of drug-likeness (QED) is 0.0261. The van der Waals surface area contributed by atoms with Crippen molar-refractivity contribution in [3.05, 3.63) is 97.2 Å². The second-order valence-electron chi connectivity index (χ2n) is 19.0. The van der Waals surface area contributed by atoms with Crippen molar-refractivity contribution in [3.8, 4) is 0 Å². The number of carbonyl (C=O) groups is 1. The van der Waals surface area contributed by atoms with Gasteiger partial charge in [0.1, 0.15) is 24.4 Å². The molecule has 396 valence electrons. The molecule has 1 rings (SSSR count). The molecule has 1 aliphatic rings. The molecule has 7 atom stereocenters. The predicted octanol–water partition coefficient (Wildman–Crippen LogP) is 13.6. The van der Waals surface area contributed by atoms with Crippen molar-refractivity contribution in [2.45, 2.75) is 262 Å². The molecule has 1 heterocycles. The highest BCUT2D eigenvalue weighted by Gasteiger charge is 2.44. The minimum absolute atomic E-state index is 0.195. The van der Waals surface area contributed by atoms with E-state index >= 15 is 0 Å². The van der Waals surface area contributed by atoms with Crippen LogP contribution < -0.4 is 5.32 Å². The van der Waals surface area contributed by atoms with E-state index in [0.29, 0.717) is 6.42 Å². The van der Waals surface area contributed by atoms with E-state index in [-0.39, 0.29) is 12.5 Å². The van der Waals surface area contributed by atoms with Gasteiger partial charge in [-0.2, -0.15) is 0 Å². The maximum absolute atomic E-state index is 13.0. The average Bonchev–Trinajstić information content (AvgIpc) is 3.35. The Hall–Kier alpha value is -2.89. The van der Waals surface area contributed by atoms with E-state index in [4.69, 9.17) is 9.47 Å². The van der Waals surface area contributed by atoms with Crippen LogP contribution in [-0.2, 0) is 14.3 Å². The summed E-state index contributed by atoms with van der Waals surface area (Å²) in [5, 5.41) is 54.4. The van der Waals surface area contributed by atoms with Crippen LogP contribution in [0.25, 0.3) is 0 Å². The summed E-state index contributed by atoms with van der Waals surface area (Å²) in [6, 6.07) is -0.830. The lowest BCUT2D eigenvalue weighted by atomic mass is 9.99. The largest absolute Gasteiger partial charge is 0.394 e. The minimum Gasteiger partial charge on any atom is -0.394 e. The summed E-state index contributed by atoms with van der Waals surface area (Å²) in [5.41, 5.74) is 0. The molecule has 0 radical (unpaired) electrons. The Balaban J connectivity index is 2.25. The van der Waals surface area contributed by atoms with Crippen molar-refractivity contribution >= 4 is 5.91 Å². The lowest BCUT2D eigenvalue weighted by Crippen LogP contribution is -2.60. The van der Waals surface area contributed by atoms with Crippen molar-refractivity contribution < 1.29 is 39.8 Å². The fourth-order valence-electron chi connectivity index (χ4n) is 8.23. The van der Waals surface area contributed by atoms with Gasteiger partial charge in [-0.15, -0.1) is 0 Å². The first-order valence-electron chi connectivity index (χ1n) is 28.0. The van der Waals surface area contributed by atoms with E-state index in [0.717, 1.165) is 89.9 Å². The summed E-state index contributed by atoms with van der Waals surface area (Å²) in [5.74, 6) is -0.195. The monoisotopic (exact) mass is 966 g/mol. The van der Waals surface area contributed by atoms with Crippen molar-refractivity contribution in [1.29, 1.82) is 0 Å². The van der Waals surface area contributed by atoms with E-state index < -0.39 is 49.5 Å². The van der Waals surface area contributed by atoms with Crippen LogP contribution in [0.4, 0.5) is 0 Å². The lowest BCUT2D eigenvalue weighted by Gasteiger charge is -2.40. The maximum Gasteiger partial charge on any atom is 0.220 e. The van der Waals surface area contributed by atoms with E-state index in [9.17, 15) is 30.3 Å². The first kappa shape index (κ1) is 64.1. The predicted molar refractivity (Wildman–Crippen MR) is 290 cm³/mol. The molecule has 69 heavy (non-hydrogen) atoms. The number of nitrogens with one attached hydrogen (secondary N) is 1. The van der Waals surface area contributed by atoms with Crippen LogP contribution in [0.3, 0.4) is 0 Å². The lowest BCUT2D eigenvalue weighted by molar-refractivity contribution is -0.302. The van der Waals surface area contributed by atoms with E-state index in [1.54, 1.807) is 6.08 Å². The molecule has 0 spiro atoms. The Morgan fingerprint density at radius 3 is 1.39 bits per heavy atom. The topological polar surface area (TPSA) is 149 Å². The summed E-state index contributed by atoms with van der Waals surface area (Å²) in [7, 11) is 0. The molecule has 7 unspecified atom stereocenters. The third kappa shape index (κ3) is 38.5. The van der Waals surface area contributed by atoms with Crippen LogP contribution >= 0.6 is 0 Å². The van der Waals surface area contributed by atoms with Crippen LogP contribution in [-0.4, -0.2) is 87.5 Å². The van der Waals surface area contributed by atoms with Gasteiger partial charge in [-0.25, -0.2) is 0 Å². The van der Waals surface area contributed by atoms with Crippen molar-refractivity contribution in [2.24, 2.45) is 0 Å². The SMILES string of the molecule is CC/C=C\C/C=C\C/C=C\C/C=C\C/C=C\C/C=C\CCCCCCCCCCCCC(=O)NC(COC1OC(CO)C(O)C(O)C1O)C(O)/C=C/CC/C=C/CCCCCCCCCCCCC. The van der Waals surface area contributed by atoms with Gasteiger partial charge in [0.25, 0.3) is 0 Å². The number of amides is 1. The van der Waals surface area contributed by atoms with Crippen molar-refractivity contribution in [1.82, 2.24) is 5.32 Å². The molecule has 0 aromatic rings.